The molecular weight excluding hydrogens is 316 g/mol. The van der Waals surface area contributed by atoms with E-state index < -0.39 is 0 Å². The minimum Gasteiger partial charge on any atom is -0.338 e. The SMILES string of the molecule is CC1CC(CN)CN1C(=O)Cn1nnc(-c2ccc(Cl)cc2)n1. The van der Waals surface area contributed by atoms with E-state index in [-0.39, 0.29) is 18.5 Å². The van der Waals surface area contributed by atoms with E-state index in [1.54, 1.807) is 12.1 Å². The third-order valence-corrected chi connectivity index (χ3v) is 4.40. The molecule has 7 nitrogen and oxygen atoms in total. The van der Waals surface area contributed by atoms with Gasteiger partial charge in [-0.25, -0.2) is 0 Å². The third-order valence-electron chi connectivity index (χ3n) is 4.15. The highest BCUT2D eigenvalue weighted by molar-refractivity contribution is 6.30. The van der Waals surface area contributed by atoms with Crippen LogP contribution in [0.4, 0.5) is 0 Å². The summed E-state index contributed by atoms with van der Waals surface area (Å²) in [6.07, 6.45) is 0.947. The number of halogens is 1. The van der Waals surface area contributed by atoms with Crippen LogP contribution >= 0.6 is 11.6 Å². The molecule has 2 aromatic rings. The molecule has 23 heavy (non-hydrogen) atoms. The summed E-state index contributed by atoms with van der Waals surface area (Å²) < 4.78 is 0. The fourth-order valence-electron chi connectivity index (χ4n) is 2.90. The van der Waals surface area contributed by atoms with Crippen molar-refractivity contribution in [2.24, 2.45) is 11.7 Å². The van der Waals surface area contributed by atoms with Gasteiger partial charge in [0.25, 0.3) is 0 Å². The molecule has 1 aromatic carbocycles. The van der Waals surface area contributed by atoms with Gasteiger partial charge in [0.2, 0.25) is 11.7 Å². The van der Waals surface area contributed by atoms with Crippen molar-refractivity contribution in [2.75, 3.05) is 13.1 Å². The van der Waals surface area contributed by atoms with Gasteiger partial charge in [-0.05, 0) is 55.3 Å². The van der Waals surface area contributed by atoms with Crippen LogP contribution < -0.4 is 5.73 Å². The number of benzene rings is 1. The van der Waals surface area contributed by atoms with Gasteiger partial charge in [0.15, 0.2) is 0 Å². The number of amides is 1. The summed E-state index contributed by atoms with van der Waals surface area (Å²) in [6.45, 7) is 3.44. The van der Waals surface area contributed by atoms with Crippen LogP contribution in [-0.4, -0.2) is 50.1 Å². The number of hydrogen-bond donors (Lipinski definition) is 1. The van der Waals surface area contributed by atoms with Crippen LogP contribution in [0, 0.1) is 5.92 Å². The molecule has 0 aliphatic carbocycles. The number of carbonyl (C=O) groups excluding carboxylic acids is 1. The molecule has 0 spiro atoms. The Bertz CT molecular complexity index is 686. The van der Waals surface area contributed by atoms with Gasteiger partial charge in [0, 0.05) is 23.2 Å². The van der Waals surface area contributed by atoms with Crippen molar-refractivity contribution in [2.45, 2.75) is 25.9 Å². The van der Waals surface area contributed by atoms with Crippen molar-refractivity contribution < 1.29 is 4.79 Å². The Balaban J connectivity index is 1.67. The van der Waals surface area contributed by atoms with Gasteiger partial charge in [-0.2, -0.15) is 4.80 Å². The van der Waals surface area contributed by atoms with Crippen LogP contribution in [0.3, 0.4) is 0 Å². The Morgan fingerprint density at radius 2 is 2.13 bits per heavy atom. The lowest BCUT2D eigenvalue weighted by atomic mass is 10.1. The van der Waals surface area contributed by atoms with E-state index in [0.29, 0.717) is 29.9 Å². The van der Waals surface area contributed by atoms with Crippen LogP contribution in [0.5, 0.6) is 0 Å². The molecule has 0 bridgehead atoms. The zero-order valence-electron chi connectivity index (χ0n) is 12.9. The Morgan fingerprint density at radius 1 is 1.39 bits per heavy atom. The van der Waals surface area contributed by atoms with Crippen molar-refractivity contribution in [3.8, 4) is 11.4 Å². The van der Waals surface area contributed by atoms with Gasteiger partial charge >= 0.3 is 0 Å². The molecule has 1 aliphatic heterocycles. The number of carbonyl (C=O) groups is 1. The molecule has 8 heteroatoms. The number of tetrazole rings is 1. The summed E-state index contributed by atoms with van der Waals surface area (Å²) in [7, 11) is 0. The first-order valence-corrected chi connectivity index (χ1v) is 7.98. The van der Waals surface area contributed by atoms with Gasteiger partial charge in [-0.1, -0.05) is 11.6 Å². The average Bonchev–Trinajstić information content (AvgIpc) is 3.14. The molecule has 122 valence electrons. The van der Waals surface area contributed by atoms with Gasteiger partial charge in [-0.3, -0.25) is 4.79 Å². The van der Waals surface area contributed by atoms with Crippen LogP contribution in [0.25, 0.3) is 11.4 Å². The molecule has 2 N–H and O–H groups in total. The molecule has 3 rings (SSSR count). The first-order chi connectivity index (χ1) is 11.1. The zero-order chi connectivity index (χ0) is 16.4. The molecule has 0 saturated carbocycles. The Morgan fingerprint density at radius 3 is 2.78 bits per heavy atom. The van der Waals surface area contributed by atoms with Gasteiger partial charge < -0.3 is 10.6 Å². The molecule has 0 radical (unpaired) electrons. The van der Waals surface area contributed by atoms with Crippen LogP contribution in [-0.2, 0) is 11.3 Å². The highest BCUT2D eigenvalue weighted by Crippen LogP contribution is 2.22. The van der Waals surface area contributed by atoms with E-state index in [1.807, 2.05) is 24.0 Å². The molecule has 2 atom stereocenters. The first kappa shape index (κ1) is 15.9. The zero-order valence-corrected chi connectivity index (χ0v) is 13.6. The lowest BCUT2D eigenvalue weighted by molar-refractivity contribution is -0.132. The standard InChI is InChI=1S/C15H19ClN6O/c1-10-6-11(7-17)8-21(10)14(23)9-22-19-15(18-20-22)12-2-4-13(16)5-3-12/h2-5,10-11H,6-9,17H2,1H3. The predicted molar refractivity (Wildman–Crippen MR) is 86.6 cm³/mol. The van der Waals surface area contributed by atoms with Crippen LogP contribution in [0.1, 0.15) is 13.3 Å². The Kier molecular flexibility index (Phi) is 4.58. The number of nitrogens with two attached hydrogens (primary N) is 1. The maximum atomic E-state index is 12.4. The van der Waals surface area contributed by atoms with E-state index >= 15 is 0 Å². The van der Waals surface area contributed by atoms with E-state index in [4.69, 9.17) is 17.3 Å². The lowest BCUT2D eigenvalue weighted by Crippen LogP contribution is -2.37. The second-order valence-corrected chi connectivity index (χ2v) is 6.32. The summed E-state index contributed by atoms with van der Waals surface area (Å²) in [5, 5.41) is 12.9. The quantitative estimate of drug-likeness (QED) is 0.907. The normalized spacial score (nSPS) is 20.9. The second-order valence-electron chi connectivity index (χ2n) is 5.88. The third kappa shape index (κ3) is 3.51. The summed E-state index contributed by atoms with van der Waals surface area (Å²) in [4.78, 5) is 15.6. The highest BCUT2D eigenvalue weighted by Gasteiger charge is 2.31. The van der Waals surface area contributed by atoms with Crippen LogP contribution in [0.2, 0.25) is 5.02 Å². The number of likely N-dealkylation sites (tertiary alicyclic amines) is 1. The summed E-state index contributed by atoms with van der Waals surface area (Å²) in [5.74, 6) is 0.847. The van der Waals surface area contributed by atoms with E-state index in [9.17, 15) is 4.79 Å². The molecule has 1 aliphatic rings. The van der Waals surface area contributed by atoms with E-state index in [2.05, 4.69) is 15.4 Å². The largest absolute Gasteiger partial charge is 0.338 e. The summed E-state index contributed by atoms with van der Waals surface area (Å²) >= 11 is 5.86. The molecule has 2 unspecified atom stereocenters. The maximum absolute atomic E-state index is 12.4. The molecule has 1 aromatic heterocycles. The molecule has 1 amide bonds. The topological polar surface area (TPSA) is 89.9 Å². The van der Waals surface area contributed by atoms with Gasteiger partial charge in [0.05, 0.1) is 0 Å². The fraction of sp³-hybridized carbons (Fsp3) is 0.467. The van der Waals surface area contributed by atoms with E-state index in [1.165, 1.54) is 4.80 Å². The smallest absolute Gasteiger partial charge is 0.246 e. The van der Waals surface area contributed by atoms with Crippen molar-refractivity contribution in [1.29, 1.82) is 0 Å². The molecule has 1 saturated heterocycles. The Hall–Kier alpha value is -1.99. The minimum absolute atomic E-state index is 0.00601. The number of aromatic nitrogens is 4. The average molecular weight is 335 g/mol. The molecule has 2 heterocycles. The van der Waals surface area contributed by atoms with Crippen molar-refractivity contribution >= 4 is 17.5 Å². The minimum atomic E-state index is -0.00601. The second kappa shape index (κ2) is 6.64. The number of rotatable bonds is 4. The van der Waals surface area contributed by atoms with Gasteiger partial charge in [0.1, 0.15) is 6.54 Å². The molecular formula is C15H19ClN6O. The maximum Gasteiger partial charge on any atom is 0.246 e. The van der Waals surface area contributed by atoms with Gasteiger partial charge in [-0.15, -0.1) is 10.2 Å². The number of nitrogens with zero attached hydrogens (tertiary/aromatic N) is 5. The Labute approximate surface area is 139 Å². The highest BCUT2D eigenvalue weighted by atomic mass is 35.5. The fourth-order valence-corrected chi connectivity index (χ4v) is 3.02. The van der Waals surface area contributed by atoms with Crippen molar-refractivity contribution in [3.63, 3.8) is 0 Å². The predicted octanol–water partition coefficient (Wildman–Crippen LogP) is 1.19. The summed E-state index contributed by atoms with van der Waals surface area (Å²) in [5.41, 5.74) is 6.51. The monoisotopic (exact) mass is 334 g/mol. The summed E-state index contributed by atoms with van der Waals surface area (Å²) in [6, 6.07) is 7.37. The van der Waals surface area contributed by atoms with Crippen molar-refractivity contribution in [1.82, 2.24) is 25.1 Å². The molecule has 1 fully saturated rings. The van der Waals surface area contributed by atoms with E-state index in [0.717, 1.165) is 12.0 Å². The van der Waals surface area contributed by atoms with Crippen LogP contribution in [0.15, 0.2) is 24.3 Å². The van der Waals surface area contributed by atoms with Crippen molar-refractivity contribution in [3.05, 3.63) is 29.3 Å². The lowest BCUT2D eigenvalue weighted by Gasteiger charge is -2.20. The first-order valence-electron chi connectivity index (χ1n) is 7.60. The number of hydrogen-bond acceptors (Lipinski definition) is 5.